The van der Waals surface area contributed by atoms with Gasteiger partial charge in [0.15, 0.2) is 0 Å². The van der Waals surface area contributed by atoms with Crippen LogP contribution in [0.1, 0.15) is 66.8 Å². The predicted molar refractivity (Wildman–Crippen MR) is 347 cm³/mol. The highest BCUT2D eigenvalue weighted by Crippen LogP contribution is 2.67. The van der Waals surface area contributed by atoms with E-state index >= 15 is 0 Å². The SMILES string of the molecule is c1ccc(C2(c3ccccc3)c3ccccc3-c3c(N(c4ccc5c(c4)-c4ccccc4C54c5ccccc5-c5ccccc54)c4ccc5c(c4)C4(c6ccccc6-5)c5ccc6ccccc6c5Oc5c4ccc4ccccc54)cccc32)cc1. The van der Waals surface area contributed by atoms with Crippen molar-refractivity contribution in [2.75, 3.05) is 4.90 Å². The molecule has 2 heteroatoms. The second-order valence-electron chi connectivity index (χ2n) is 23.6. The molecule has 0 atom stereocenters. The van der Waals surface area contributed by atoms with Gasteiger partial charge in [-0.15, -0.1) is 0 Å². The maximum absolute atomic E-state index is 7.46. The van der Waals surface area contributed by atoms with Crippen LogP contribution in [0, 0.1) is 0 Å². The first-order valence-electron chi connectivity index (χ1n) is 29.7. The van der Waals surface area contributed by atoms with Gasteiger partial charge in [0.1, 0.15) is 11.5 Å². The van der Waals surface area contributed by atoms with Crippen molar-refractivity contribution in [2.45, 2.75) is 16.2 Å². The number of anilines is 3. The molecule has 0 bridgehead atoms. The summed E-state index contributed by atoms with van der Waals surface area (Å²) in [7, 11) is 0. The van der Waals surface area contributed by atoms with Gasteiger partial charge in [-0.05, 0) is 136 Å². The van der Waals surface area contributed by atoms with Crippen LogP contribution in [0.5, 0.6) is 11.5 Å². The third kappa shape index (κ3) is 5.83. The largest absolute Gasteiger partial charge is 0.455 e. The standard InChI is InChI=1S/C83H51NO/c1-3-24-54(25-4-1)81(55-26-5-2-6-27-55)71-39-20-15-34-65(71)78-73(81)40-21-41-77(78)84(56-45-49-72-66(50-56)63-33-14-19-38-70(63)82(72)67-35-16-11-30-60(67)61-31-12-17-36-68(61)82)57-44-46-64-62-32-13-18-37-69(62)83(76(64)51-57)74-47-42-52-22-7-9-28-58(52)79(74)85-80-59-29-10-8-23-53(59)43-48-75(80)83/h1-51H. The zero-order valence-electron chi connectivity index (χ0n) is 46.3. The van der Waals surface area contributed by atoms with Crippen LogP contribution in [-0.2, 0) is 16.2 Å². The van der Waals surface area contributed by atoms with E-state index in [4.69, 9.17) is 4.74 Å². The number of fused-ring (bicyclic) bond motifs is 26. The Morgan fingerprint density at radius 1 is 0.235 bits per heavy atom. The van der Waals surface area contributed by atoms with Gasteiger partial charge in [0.25, 0.3) is 0 Å². The Balaban J connectivity index is 0.928. The van der Waals surface area contributed by atoms with Gasteiger partial charge in [-0.3, -0.25) is 0 Å². The van der Waals surface area contributed by atoms with Crippen molar-refractivity contribution in [2.24, 2.45) is 0 Å². The van der Waals surface area contributed by atoms with Crippen LogP contribution in [0.2, 0.25) is 0 Å². The van der Waals surface area contributed by atoms with Crippen molar-refractivity contribution in [3.63, 3.8) is 0 Å². The highest BCUT2D eigenvalue weighted by molar-refractivity contribution is 6.04. The van der Waals surface area contributed by atoms with E-state index in [0.717, 1.165) is 61.2 Å². The first-order valence-corrected chi connectivity index (χ1v) is 29.7. The van der Waals surface area contributed by atoms with Crippen LogP contribution in [-0.4, -0.2) is 0 Å². The fourth-order valence-corrected chi connectivity index (χ4v) is 16.8. The molecule has 0 N–H and O–H groups in total. The summed E-state index contributed by atoms with van der Waals surface area (Å²) in [5, 5.41) is 4.50. The summed E-state index contributed by atoms with van der Waals surface area (Å²) >= 11 is 0. The summed E-state index contributed by atoms with van der Waals surface area (Å²) in [6.45, 7) is 0. The fourth-order valence-electron chi connectivity index (χ4n) is 16.8. The zero-order chi connectivity index (χ0) is 55.6. The molecule has 0 saturated carbocycles. The van der Waals surface area contributed by atoms with E-state index in [1.54, 1.807) is 0 Å². The molecule has 0 aromatic heterocycles. The third-order valence-corrected chi connectivity index (χ3v) is 20.0. The van der Waals surface area contributed by atoms with Crippen molar-refractivity contribution in [1.29, 1.82) is 0 Å². The molecule has 1 aliphatic heterocycles. The molecule has 5 aliphatic rings. The van der Waals surface area contributed by atoms with Crippen LogP contribution in [0.3, 0.4) is 0 Å². The molecule has 4 aliphatic carbocycles. The number of benzene rings is 14. The molecule has 2 nitrogen and oxygen atoms in total. The van der Waals surface area contributed by atoms with E-state index in [1.165, 1.54) is 100 Å². The smallest absolute Gasteiger partial charge is 0.140 e. The molecule has 19 rings (SSSR count). The van der Waals surface area contributed by atoms with E-state index in [0.29, 0.717) is 0 Å². The summed E-state index contributed by atoms with van der Waals surface area (Å²) in [5.74, 6) is 1.81. The molecular weight excluding hydrogens is 1030 g/mol. The fraction of sp³-hybridized carbons (Fsp3) is 0.0361. The maximum atomic E-state index is 7.46. The van der Waals surface area contributed by atoms with E-state index in [2.05, 4.69) is 314 Å². The third-order valence-electron chi connectivity index (χ3n) is 20.0. The van der Waals surface area contributed by atoms with Crippen molar-refractivity contribution in [1.82, 2.24) is 0 Å². The number of hydrogen-bond acceptors (Lipinski definition) is 2. The summed E-state index contributed by atoms with van der Waals surface area (Å²) in [6, 6.07) is 117. The summed E-state index contributed by atoms with van der Waals surface area (Å²) in [4.78, 5) is 2.60. The Bertz CT molecular complexity index is 5020. The quantitative estimate of drug-likeness (QED) is 0.170. The Labute approximate surface area is 493 Å². The van der Waals surface area contributed by atoms with Gasteiger partial charge in [-0.25, -0.2) is 0 Å². The Morgan fingerprint density at radius 2 is 0.624 bits per heavy atom. The minimum absolute atomic E-state index is 0.482. The van der Waals surface area contributed by atoms with E-state index in [-0.39, 0.29) is 0 Å². The highest BCUT2D eigenvalue weighted by atomic mass is 16.5. The van der Waals surface area contributed by atoms with Crippen LogP contribution in [0.25, 0.3) is 66.1 Å². The molecule has 0 amide bonds. The van der Waals surface area contributed by atoms with Gasteiger partial charge in [0.2, 0.25) is 0 Å². The van der Waals surface area contributed by atoms with Gasteiger partial charge < -0.3 is 9.64 Å². The molecule has 0 fully saturated rings. The lowest BCUT2D eigenvalue weighted by molar-refractivity contribution is 0.447. The monoisotopic (exact) mass is 1080 g/mol. The van der Waals surface area contributed by atoms with Crippen molar-refractivity contribution < 1.29 is 4.74 Å². The lowest BCUT2D eigenvalue weighted by Gasteiger charge is -2.40. The first-order chi connectivity index (χ1) is 42.2. The van der Waals surface area contributed by atoms with Crippen LogP contribution < -0.4 is 9.64 Å². The van der Waals surface area contributed by atoms with E-state index in [1.807, 2.05) is 0 Å². The maximum Gasteiger partial charge on any atom is 0.140 e. The van der Waals surface area contributed by atoms with Crippen molar-refractivity contribution in [3.8, 4) is 56.0 Å². The molecule has 394 valence electrons. The molecule has 14 aromatic rings. The lowest BCUT2D eigenvalue weighted by Crippen LogP contribution is -2.32. The van der Waals surface area contributed by atoms with E-state index < -0.39 is 16.2 Å². The number of hydrogen-bond donors (Lipinski definition) is 0. The first kappa shape index (κ1) is 46.8. The molecule has 1 heterocycles. The number of rotatable bonds is 5. The number of ether oxygens (including phenoxy) is 1. The van der Waals surface area contributed by atoms with Crippen molar-refractivity contribution in [3.05, 3.63) is 376 Å². The normalized spacial score (nSPS) is 14.7. The van der Waals surface area contributed by atoms with Gasteiger partial charge in [0.05, 0.1) is 21.9 Å². The van der Waals surface area contributed by atoms with Gasteiger partial charge in [0, 0.05) is 38.8 Å². The van der Waals surface area contributed by atoms with Crippen LogP contribution in [0.15, 0.2) is 309 Å². The summed E-state index contributed by atoms with van der Waals surface area (Å²) < 4.78 is 7.46. The molecule has 14 aromatic carbocycles. The second-order valence-corrected chi connectivity index (χ2v) is 23.6. The molecule has 0 saturated heterocycles. The molecule has 0 unspecified atom stereocenters. The Kier molecular flexibility index (Phi) is 9.43. The average molecular weight is 1080 g/mol. The van der Waals surface area contributed by atoms with Crippen LogP contribution >= 0.6 is 0 Å². The molecule has 2 spiro atoms. The molecular formula is C83H51NO. The minimum Gasteiger partial charge on any atom is -0.455 e. The lowest BCUT2D eigenvalue weighted by atomic mass is 9.65. The van der Waals surface area contributed by atoms with E-state index in [9.17, 15) is 0 Å². The minimum atomic E-state index is -0.752. The van der Waals surface area contributed by atoms with Crippen LogP contribution in [0.4, 0.5) is 17.1 Å². The average Bonchev–Trinajstić information content (AvgIpc) is 1.74. The van der Waals surface area contributed by atoms with Gasteiger partial charge >= 0.3 is 0 Å². The predicted octanol–water partition coefficient (Wildman–Crippen LogP) is 20.6. The molecule has 0 radical (unpaired) electrons. The summed E-state index contributed by atoms with van der Waals surface area (Å²) in [5.41, 5.74) is 26.5. The van der Waals surface area contributed by atoms with Crippen molar-refractivity contribution >= 4 is 38.6 Å². The second kappa shape index (κ2) is 17.1. The topological polar surface area (TPSA) is 12.5 Å². The Hall–Kier alpha value is -10.8. The zero-order valence-corrected chi connectivity index (χ0v) is 46.3. The van der Waals surface area contributed by atoms with Gasteiger partial charge in [-0.2, -0.15) is 0 Å². The molecule has 85 heavy (non-hydrogen) atoms. The van der Waals surface area contributed by atoms with Gasteiger partial charge in [-0.1, -0.05) is 279 Å². The summed E-state index contributed by atoms with van der Waals surface area (Å²) in [6.07, 6.45) is 0. The highest BCUT2D eigenvalue weighted by Gasteiger charge is 2.54. The number of nitrogens with zero attached hydrogens (tertiary/aromatic N) is 1. The Morgan fingerprint density at radius 3 is 1.18 bits per heavy atom.